The molecule has 2 nitrogen and oxygen atoms in total. The molecule has 0 bridgehead atoms. The second-order valence-electron chi connectivity index (χ2n) is 5.46. The third-order valence-electron chi connectivity index (χ3n) is 4.18. The Morgan fingerprint density at radius 2 is 2.06 bits per heavy atom. The predicted molar refractivity (Wildman–Crippen MR) is 64.1 cm³/mol. The molecule has 1 aliphatic rings. The van der Waals surface area contributed by atoms with Crippen molar-refractivity contribution in [3.05, 3.63) is 23.7 Å². The third-order valence-corrected chi connectivity index (χ3v) is 4.18. The van der Waals surface area contributed by atoms with E-state index in [0.29, 0.717) is 5.92 Å². The van der Waals surface area contributed by atoms with Crippen molar-refractivity contribution in [2.75, 3.05) is 0 Å². The van der Waals surface area contributed by atoms with Crippen LogP contribution in [0, 0.1) is 24.7 Å². The van der Waals surface area contributed by atoms with Crippen LogP contribution in [0.2, 0.25) is 0 Å². The Labute approximate surface area is 97.7 Å². The van der Waals surface area contributed by atoms with Crippen LogP contribution in [0.25, 0.3) is 0 Å². The predicted octanol–water partition coefficient (Wildman–Crippen LogP) is 3.69. The van der Waals surface area contributed by atoms with E-state index in [0.717, 1.165) is 36.0 Å². The van der Waals surface area contributed by atoms with E-state index in [1.165, 1.54) is 6.42 Å². The first-order chi connectivity index (χ1) is 7.58. The van der Waals surface area contributed by atoms with Gasteiger partial charge in [0.05, 0.1) is 12.4 Å². The van der Waals surface area contributed by atoms with Crippen molar-refractivity contribution in [2.24, 2.45) is 17.8 Å². The summed E-state index contributed by atoms with van der Waals surface area (Å²) in [5.41, 5.74) is 0.948. The van der Waals surface area contributed by atoms with E-state index in [1.54, 1.807) is 6.26 Å². The van der Waals surface area contributed by atoms with Crippen molar-refractivity contribution in [1.82, 2.24) is 0 Å². The van der Waals surface area contributed by atoms with Crippen LogP contribution in [0.3, 0.4) is 0 Å². The SMILES string of the molecule is Cc1cc(C(O)C2CCC(C)C(C)C2)co1. The van der Waals surface area contributed by atoms with Crippen molar-refractivity contribution in [1.29, 1.82) is 0 Å². The Kier molecular flexibility index (Phi) is 3.38. The molecular formula is C14H22O2. The second kappa shape index (κ2) is 4.62. The van der Waals surface area contributed by atoms with Crippen LogP contribution in [-0.4, -0.2) is 5.11 Å². The van der Waals surface area contributed by atoms with Gasteiger partial charge in [0, 0.05) is 5.56 Å². The third kappa shape index (κ3) is 2.32. The van der Waals surface area contributed by atoms with Gasteiger partial charge in [-0.2, -0.15) is 0 Å². The van der Waals surface area contributed by atoms with Crippen molar-refractivity contribution in [2.45, 2.75) is 46.1 Å². The average Bonchev–Trinajstić information content (AvgIpc) is 2.68. The lowest BCUT2D eigenvalue weighted by atomic mass is 9.73. The number of furan rings is 1. The van der Waals surface area contributed by atoms with Gasteiger partial charge in [0.1, 0.15) is 5.76 Å². The van der Waals surface area contributed by atoms with Gasteiger partial charge in [-0.25, -0.2) is 0 Å². The standard InChI is InChI=1S/C14H22O2/c1-9-4-5-12(6-10(9)2)14(15)13-7-11(3)16-8-13/h7-10,12,14-15H,4-6H2,1-3H3. The molecule has 1 fully saturated rings. The molecule has 90 valence electrons. The van der Waals surface area contributed by atoms with E-state index < -0.39 is 0 Å². The fourth-order valence-corrected chi connectivity index (χ4v) is 2.77. The zero-order chi connectivity index (χ0) is 11.7. The summed E-state index contributed by atoms with van der Waals surface area (Å²) in [4.78, 5) is 0. The van der Waals surface area contributed by atoms with Crippen LogP contribution >= 0.6 is 0 Å². The van der Waals surface area contributed by atoms with Gasteiger partial charge >= 0.3 is 0 Å². The second-order valence-corrected chi connectivity index (χ2v) is 5.46. The van der Waals surface area contributed by atoms with E-state index in [-0.39, 0.29) is 6.10 Å². The quantitative estimate of drug-likeness (QED) is 0.827. The van der Waals surface area contributed by atoms with Crippen molar-refractivity contribution in [3.8, 4) is 0 Å². The lowest BCUT2D eigenvalue weighted by Crippen LogP contribution is -2.25. The summed E-state index contributed by atoms with van der Waals surface area (Å²) in [5.74, 6) is 2.81. The zero-order valence-electron chi connectivity index (χ0n) is 10.4. The van der Waals surface area contributed by atoms with Gasteiger partial charge in [-0.1, -0.05) is 20.3 Å². The molecule has 1 heterocycles. The van der Waals surface area contributed by atoms with Crippen molar-refractivity contribution in [3.63, 3.8) is 0 Å². The summed E-state index contributed by atoms with van der Waals surface area (Å²) in [5, 5.41) is 10.3. The monoisotopic (exact) mass is 222 g/mol. The molecule has 2 heteroatoms. The summed E-state index contributed by atoms with van der Waals surface area (Å²) in [6, 6.07) is 1.95. The van der Waals surface area contributed by atoms with E-state index in [4.69, 9.17) is 4.42 Å². The van der Waals surface area contributed by atoms with Crippen LogP contribution in [0.1, 0.15) is 50.5 Å². The number of hydrogen-bond acceptors (Lipinski definition) is 2. The van der Waals surface area contributed by atoms with Gasteiger partial charge in [-0.3, -0.25) is 0 Å². The number of aliphatic hydroxyl groups excluding tert-OH is 1. The van der Waals surface area contributed by atoms with Crippen LogP contribution in [0.15, 0.2) is 16.7 Å². The van der Waals surface area contributed by atoms with Gasteiger partial charge in [0.2, 0.25) is 0 Å². The van der Waals surface area contributed by atoms with Gasteiger partial charge in [-0.05, 0) is 43.6 Å². The molecule has 0 aromatic carbocycles. The molecule has 1 N–H and O–H groups in total. The highest BCUT2D eigenvalue weighted by Crippen LogP contribution is 2.40. The van der Waals surface area contributed by atoms with E-state index in [9.17, 15) is 5.11 Å². The molecule has 16 heavy (non-hydrogen) atoms. The maximum Gasteiger partial charge on any atom is 0.101 e. The molecule has 1 aromatic rings. The fourth-order valence-electron chi connectivity index (χ4n) is 2.77. The van der Waals surface area contributed by atoms with Gasteiger partial charge in [0.25, 0.3) is 0 Å². The molecule has 0 aliphatic heterocycles. The summed E-state index contributed by atoms with van der Waals surface area (Å²) >= 11 is 0. The van der Waals surface area contributed by atoms with E-state index in [1.807, 2.05) is 13.0 Å². The van der Waals surface area contributed by atoms with Gasteiger partial charge in [-0.15, -0.1) is 0 Å². The molecule has 4 atom stereocenters. The molecular weight excluding hydrogens is 200 g/mol. The largest absolute Gasteiger partial charge is 0.469 e. The number of aryl methyl sites for hydroxylation is 1. The van der Waals surface area contributed by atoms with Gasteiger partial charge < -0.3 is 9.52 Å². The van der Waals surface area contributed by atoms with Crippen LogP contribution in [-0.2, 0) is 0 Å². The average molecular weight is 222 g/mol. The summed E-state index contributed by atoms with van der Waals surface area (Å²) in [7, 11) is 0. The summed E-state index contributed by atoms with van der Waals surface area (Å²) in [6.07, 6.45) is 4.86. The summed E-state index contributed by atoms with van der Waals surface area (Å²) < 4.78 is 5.26. The zero-order valence-corrected chi connectivity index (χ0v) is 10.4. The van der Waals surface area contributed by atoms with Crippen molar-refractivity contribution >= 4 is 0 Å². The normalized spacial score (nSPS) is 32.6. The number of aliphatic hydroxyl groups is 1. The molecule has 0 spiro atoms. The topological polar surface area (TPSA) is 33.4 Å². The summed E-state index contributed by atoms with van der Waals surface area (Å²) in [6.45, 7) is 6.53. The maximum atomic E-state index is 10.3. The molecule has 0 radical (unpaired) electrons. The maximum absolute atomic E-state index is 10.3. The Balaban J connectivity index is 2.02. The smallest absolute Gasteiger partial charge is 0.101 e. The molecule has 1 aromatic heterocycles. The highest BCUT2D eigenvalue weighted by atomic mass is 16.3. The van der Waals surface area contributed by atoms with Crippen LogP contribution < -0.4 is 0 Å². The van der Waals surface area contributed by atoms with Gasteiger partial charge in [0.15, 0.2) is 0 Å². The minimum atomic E-state index is -0.340. The first-order valence-corrected chi connectivity index (χ1v) is 6.31. The number of rotatable bonds is 2. The highest BCUT2D eigenvalue weighted by Gasteiger charge is 2.30. The lowest BCUT2D eigenvalue weighted by Gasteiger charge is -2.34. The molecule has 2 rings (SSSR count). The van der Waals surface area contributed by atoms with Crippen LogP contribution in [0.4, 0.5) is 0 Å². The van der Waals surface area contributed by atoms with E-state index in [2.05, 4.69) is 13.8 Å². The molecule has 1 saturated carbocycles. The Bertz CT molecular complexity index is 342. The Hall–Kier alpha value is -0.760. The minimum Gasteiger partial charge on any atom is -0.469 e. The highest BCUT2D eigenvalue weighted by molar-refractivity contribution is 5.15. The molecule has 1 aliphatic carbocycles. The Morgan fingerprint density at radius 1 is 1.31 bits per heavy atom. The first kappa shape index (κ1) is 11.7. The molecule has 4 unspecified atom stereocenters. The fraction of sp³-hybridized carbons (Fsp3) is 0.714. The minimum absolute atomic E-state index is 0.340. The van der Waals surface area contributed by atoms with Crippen molar-refractivity contribution < 1.29 is 9.52 Å². The Morgan fingerprint density at radius 3 is 2.62 bits per heavy atom. The molecule has 0 saturated heterocycles. The number of hydrogen-bond donors (Lipinski definition) is 1. The molecule has 0 amide bonds. The van der Waals surface area contributed by atoms with E-state index >= 15 is 0 Å². The lowest BCUT2D eigenvalue weighted by molar-refractivity contribution is 0.0557. The van der Waals surface area contributed by atoms with Crippen LogP contribution in [0.5, 0.6) is 0 Å². The first-order valence-electron chi connectivity index (χ1n) is 6.31.